The lowest BCUT2D eigenvalue weighted by molar-refractivity contribution is -0.00000504. The van der Waals surface area contributed by atoms with Gasteiger partial charge in [0, 0.05) is 24.2 Å². The predicted octanol–water partition coefficient (Wildman–Crippen LogP) is 0.684. The predicted molar refractivity (Wildman–Crippen MR) is 79.1 cm³/mol. The van der Waals surface area contributed by atoms with Crippen LogP contribution in [0.3, 0.4) is 0 Å². The zero-order chi connectivity index (χ0) is 14.2. The SMILES string of the molecule is C=CCNCc1ccccc1OCc1ccccc1F.[Cl-]. The number of benzene rings is 2. The topological polar surface area (TPSA) is 21.3 Å². The van der Waals surface area contributed by atoms with E-state index in [0.29, 0.717) is 12.1 Å². The van der Waals surface area contributed by atoms with Gasteiger partial charge in [0.2, 0.25) is 0 Å². The van der Waals surface area contributed by atoms with Crippen LogP contribution in [0.25, 0.3) is 0 Å². The lowest BCUT2D eigenvalue weighted by atomic mass is 10.2. The van der Waals surface area contributed by atoms with Gasteiger partial charge in [0.25, 0.3) is 0 Å². The third-order valence-electron chi connectivity index (χ3n) is 2.92. The molecule has 0 saturated heterocycles. The second kappa shape index (κ2) is 9.16. The number of ether oxygens (including phenoxy) is 1. The Balaban J connectivity index is 0.00000220. The summed E-state index contributed by atoms with van der Waals surface area (Å²) >= 11 is 0. The van der Waals surface area contributed by atoms with E-state index in [1.54, 1.807) is 18.2 Å². The first-order valence-corrected chi connectivity index (χ1v) is 6.57. The van der Waals surface area contributed by atoms with Crippen molar-refractivity contribution in [2.45, 2.75) is 13.2 Å². The third-order valence-corrected chi connectivity index (χ3v) is 2.92. The van der Waals surface area contributed by atoms with Crippen molar-refractivity contribution >= 4 is 0 Å². The zero-order valence-corrected chi connectivity index (χ0v) is 12.4. The Morgan fingerprint density at radius 1 is 1.05 bits per heavy atom. The summed E-state index contributed by atoms with van der Waals surface area (Å²) in [5, 5.41) is 3.23. The van der Waals surface area contributed by atoms with Gasteiger partial charge in [-0.3, -0.25) is 0 Å². The molecule has 4 heteroatoms. The maximum Gasteiger partial charge on any atom is 0.129 e. The van der Waals surface area contributed by atoms with Gasteiger partial charge in [-0.2, -0.15) is 0 Å². The van der Waals surface area contributed by atoms with Crippen LogP contribution in [0.2, 0.25) is 0 Å². The summed E-state index contributed by atoms with van der Waals surface area (Å²) in [5.41, 5.74) is 1.60. The van der Waals surface area contributed by atoms with Gasteiger partial charge < -0.3 is 22.5 Å². The first-order valence-electron chi connectivity index (χ1n) is 6.57. The average Bonchev–Trinajstić information content (AvgIpc) is 2.48. The van der Waals surface area contributed by atoms with Crippen molar-refractivity contribution in [1.82, 2.24) is 5.32 Å². The van der Waals surface area contributed by atoms with Gasteiger partial charge in [0.15, 0.2) is 0 Å². The van der Waals surface area contributed by atoms with Gasteiger partial charge in [-0.05, 0) is 12.1 Å². The molecule has 0 aromatic heterocycles. The minimum atomic E-state index is -0.241. The molecule has 0 bridgehead atoms. The van der Waals surface area contributed by atoms with E-state index >= 15 is 0 Å². The molecule has 112 valence electrons. The quantitative estimate of drug-likeness (QED) is 0.600. The Morgan fingerprint density at radius 3 is 2.43 bits per heavy atom. The highest BCUT2D eigenvalue weighted by Crippen LogP contribution is 2.19. The standard InChI is InChI=1S/C17H18FNO.ClH/c1-2-11-19-12-14-7-4-6-10-17(14)20-13-15-8-3-5-9-16(15)18;/h2-10,19H,1,11-13H2;1H/p-1. The van der Waals surface area contributed by atoms with Gasteiger partial charge in [-0.15, -0.1) is 6.58 Å². The van der Waals surface area contributed by atoms with Crippen LogP contribution >= 0.6 is 0 Å². The molecule has 2 aromatic carbocycles. The molecular formula is C17H18ClFNO-. The number of rotatable bonds is 7. The normalized spacial score (nSPS) is 9.76. The number of hydrogen-bond donors (Lipinski definition) is 1. The fourth-order valence-corrected chi connectivity index (χ4v) is 1.87. The number of halogens is 2. The van der Waals surface area contributed by atoms with Crippen molar-refractivity contribution in [2.75, 3.05) is 6.54 Å². The Bertz CT molecular complexity index is 574. The van der Waals surface area contributed by atoms with Crippen molar-refractivity contribution in [3.8, 4) is 5.75 Å². The smallest absolute Gasteiger partial charge is 0.129 e. The van der Waals surface area contributed by atoms with E-state index in [2.05, 4.69) is 11.9 Å². The summed E-state index contributed by atoms with van der Waals surface area (Å²) in [6, 6.07) is 14.4. The zero-order valence-electron chi connectivity index (χ0n) is 11.7. The Labute approximate surface area is 131 Å². The molecule has 0 aliphatic rings. The van der Waals surface area contributed by atoms with Crippen LogP contribution in [0.15, 0.2) is 61.2 Å². The summed E-state index contributed by atoms with van der Waals surface area (Å²) in [4.78, 5) is 0. The van der Waals surface area contributed by atoms with E-state index in [1.165, 1.54) is 6.07 Å². The Kier molecular flexibility index (Phi) is 7.51. The van der Waals surface area contributed by atoms with Crippen LogP contribution in [-0.2, 0) is 13.2 Å². The van der Waals surface area contributed by atoms with Crippen molar-refractivity contribution in [1.29, 1.82) is 0 Å². The fourth-order valence-electron chi connectivity index (χ4n) is 1.87. The van der Waals surface area contributed by atoms with Crippen molar-refractivity contribution in [3.63, 3.8) is 0 Å². The Morgan fingerprint density at radius 2 is 1.71 bits per heavy atom. The first kappa shape index (κ1) is 17.2. The van der Waals surface area contributed by atoms with E-state index in [4.69, 9.17) is 4.74 Å². The second-order valence-corrected chi connectivity index (χ2v) is 4.41. The van der Waals surface area contributed by atoms with Crippen LogP contribution in [0.4, 0.5) is 4.39 Å². The van der Waals surface area contributed by atoms with Crippen molar-refractivity contribution < 1.29 is 21.5 Å². The van der Waals surface area contributed by atoms with E-state index in [9.17, 15) is 4.39 Å². The van der Waals surface area contributed by atoms with Gasteiger partial charge >= 0.3 is 0 Å². The van der Waals surface area contributed by atoms with E-state index in [0.717, 1.165) is 17.9 Å². The van der Waals surface area contributed by atoms with E-state index in [-0.39, 0.29) is 24.8 Å². The summed E-state index contributed by atoms with van der Waals surface area (Å²) < 4.78 is 19.3. The molecule has 0 aliphatic carbocycles. The maximum absolute atomic E-state index is 13.5. The average molecular weight is 307 g/mol. The highest BCUT2D eigenvalue weighted by Gasteiger charge is 2.05. The van der Waals surface area contributed by atoms with Crippen LogP contribution in [0.5, 0.6) is 5.75 Å². The molecule has 0 atom stereocenters. The van der Waals surface area contributed by atoms with Gasteiger partial charge in [0.05, 0.1) is 0 Å². The molecule has 2 rings (SSSR count). The van der Waals surface area contributed by atoms with E-state index in [1.807, 2.05) is 30.3 Å². The highest BCUT2D eigenvalue weighted by atomic mass is 35.5. The van der Waals surface area contributed by atoms with Crippen molar-refractivity contribution in [3.05, 3.63) is 78.1 Å². The summed E-state index contributed by atoms with van der Waals surface area (Å²) in [5.74, 6) is 0.530. The maximum atomic E-state index is 13.5. The van der Waals surface area contributed by atoms with Crippen LogP contribution in [-0.4, -0.2) is 6.54 Å². The number of hydrogen-bond acceptors (Lipinski definition) is 2. The Hall–Kier alpha value is -1.84. The highest BCUT2D eigenvalue weighted by molar-refractivity contribution is 5.33. The molecule has 0 unspecified atom stereocenters. The molecule has 0 saturated carbocycles. The lowest BCUT2D eigenvalue weighted by Gasteiger charge is -2.12. The molecule has 2 aromatic rings. The summed E-state index contributed by atoms with van der Waals surface area (Å²) in [6.07, 6.45) is 1.81. The molecule has 0 heterocycles. The third kappa shape index (κ3) is 5.21. The lowest BCUT2D eigenvalue weighted by Crippen LogP contribution is -3.00. The fraction of sp³-hybridized carbons (Fsp3) is 0.176. The van der Waals surface area contributed by atoms with Crippen LogP contribution in [0, 0.1) is 5.82 Å². The summed E-state index contributed by atoms with van der Waals surface area (Å²) in [6.45, 7) is 5.32. The number of para-hydroxylation sites is 1. The molecular weight excluding hydrogens is 289 g/mol. The van der Waals surface area contributed by atoms with Gasteiger partial charge in [0.1, 0.15) is 18.2 Å². The molecule has 1 N–H and O–H groups in total. The monoisotopic (exact) mass is 306 g/mol. The molecule has 21 heavy (non-hydrogen) atoms. The van der Waals surface area contributed by atoms with Gasteiger partial charge in [-0.1, -0.05) is 42.5 Å². The van der Waals surface area contributed by atoms with E-state index < -0.39 is 0 Å². The minimum Gasteiger partial charge on any atom is -1.00 e. The summed E-state index contributed by atoms with van der Waals surface area (Å²) in [7, 11) is 0. The minimum absolute atomic E-state index is 0. The molecule has 0 amide bonds. The molecule has 0 fully saturated rings. The van der Waals surface area contributed by atoms with Crippen molar-refractivity contribution in [2.24, 2.45) is 0 Å². The molecule has 0 radical (unpaired) electrons. The molecule has 0 spiro atoms. The van der Waals surface area contributed by atoms with Crippen LogP contribution < -0.4 is 22.5 Å². The number of nitrogens with one attached hydrogen (secondary N) is 1. The molecule has 0 aliphatic heterocycles. The second-order valence-electron chi connectivity index (χ2n) is 4.41. The first-order chi connectivity index (χ1) is 9.81. The largest absolute Gasteiger partial charge is 1.00 e. The van der Waals surface area contributed by atoms with Crippen LogP contribution in [0.1, 0.15) is 11.1 Å². The van der Waals surface area contributed by atoms with Gasteiger partial charge in [-0.25, -0.2) is 4.39 Å². The molecule has 2 nitrogen and oxygen atoms in total.